The van der Waals surface area contributed by atoms with Gasteiger partial charge in [-0.2, -0.15) is 0 Å². The van der Waals surface area contributed by atoms with Crippen LogP contribution in [0.1, 0.15) is 12.8 Å². The molecule has 0 aliphatic heterocycles. The highest BCUT2D eigenvalue weighted by atomic mass is 79.9. The van der Waals surface area contributed by atoms with Crippen molar-refractivity contribution in [2.75, 3.05) is 18.5 Å². The molecule has 0 atom stereocenters. The summed E-state index contributed by atoms with van der Waals surface area (Å²) in [7, 11) is 0. The van der Waals surface area contributed by atoms with E-state index in [-0.39, 0.29) is 6.61 Å². The lowest BCUT2D eigenvalue weighted by Crippen LogP contribution is -2.03. The first-order chi connectivity index (χ1) is 6.75. The van der Waals surface area contributed by atoms with E-state index in [1.807, 2.05) is 18.2 Å². The normalized spacial score (nSPS) is 10.2. The Morgan fingerprint density at radius 2 is 1.79 bits per heavy atom. The summed E-state index contributed by atoms with van der Waals surface area (Å²) < 4.78 is 2.10. The molecule has 0 saturated heterocycles. The Balaban J connectivity index is 2.49. The summed E-state index contributed by atoms with van der Waals surface area (Å²) in [6.45, 7) is 1.14. The Morgan fingerprint density at radius 1 is 1.14 bits per heavy atom. The molecule has 0 fully saturated rings. The van der Waals surface area contributed by atoms with Crippen LogP contribution in [0.4, 0.5) is 5.69 Å². The van der Waals surface area contributed by atoms with Gasteiger partial charge < -0.3 is 10.4 Å². The highest BCUT2D eigenvalue weighted by molar-refractivity contribution is 9.11. The number of nitrogens with one attached hydrogen (secondary N) is 1. The maximum atomic E-state index is 8.63. The number of hydrogen-bond acceptors (Lipinski definition) is 2. The molecule has 0 saturated carbocycles. The van der Waals surface area contributed by atoms with Gasteiger partial charge in [-0.15, -0.1) is 0 Å². The SMILES string of the molecule is OCCCCNc1c(Br)cccc1Br. The maximum absolute atomic E-state index is 8.63. The number of aliphatic hydroxyl groups excluding tert-OH is 1. The summed E-state index contributed by atoms with van der Waals surface area (Å²) in [5.41, 5.74) is 1.07. The zero-order chi connectivity index (χ0) is 10.4. The number of anilines is 1. The van der Waals surface area contributed by atoms with E-state index in [0.717, 1.165) is 34.0 Å². The molecule has 2 N–H and O–H groups in total. The molecular weight excluding hydrogens is 310 g/mol. The largest absolute Gasteiger partial charge is 0.396 e. The predicted molar refractivity (Wildman–Crippen MR) is 66.7 cm³/mol. The lowest BCUT2D eigenvalue weighted by molar-refractivity contribution is 0.286. The molecule has 0 heterocycles. The van der Waals surface area contributed by atoms with Crippen molar-refractivity contribution in [2.45, 2.75) is 12.8 Å². The van der Waals surface area contributed by atoms with Crippen LogP contribution in [-0.2, 0) is 0 Å². The molecule has 0 bridgehead atoms. The second-order valence-corrected chi connectivity index (χ2v) is 4.66. The van der Waals surface area contributed by atoms with Crippen molar-refractivity contribution in [3.05, 3.63) is 27.1 Å². The fourth-order valence-electron chi connectivity index (χ4n) is 1.12. The molecule has 0 unspecified atom stereocenters. The first-order valence-corrected chi connectivity index (χ1v) is 6.13. The summed E-state index contributed by atoms with van der Waals surface area (Å²) >= 11 is 6.95. The summed E-state index contributed by atoms with van der Waals surface area (Å²) in [6, 6.07) is 5.98. The minimum absolute atomic E-state index is 0.263. The Morgan fingerprint density at radius 3 is 2.36 bits per heavy atom. The number of halogens is 2. The van der Waals surface area contributed by atoms with E-state index in [4.69, 9.17) is 5.11 Å². The van der Waals surface area contributed by atoms with Gasteiger partial charge in [0.05, 0.1) is 5.69 Å². The van der Waals surface area contributed by atoms with Crippen LogP contribution in [0.15, 0.2) is 27.1 Å². The van der Waals surface area contributed by atoms with Gasteiger partial charge in [0, 0.05) is 22.1 Å². The van der Waals surface area contributed by atoms with Gasteiger partial charge in [-0.1, -0.05) is 6.07 Å². The molecule has 0 spiro atoms. The summed E-state index contributed by atoms with van der Waals surface area (Å²) in [4.78, 5) is 0. The van der Waals surface area contributed by atoms with E-state index < -0.39 is 0 Å². The number of hydrogen-bond donors (Lipinski definition) is 2. The van der Waals surface area contributed by atoms with Gasteiger partial charge in [0.25, 0.3) is 0 Å². The third-order valence-electron chi connectivity index (χ3n) is 1.85. The standard InChI is InChI=1S/C10H13Br2NO/c11-8-4-3-5-9(12)10(8)13-6-1-2-7-14/h3-5,13-14H,1-2,6-7H2. The molecule has 0 aromatic heterocycles. The summed E-state index contributed by atoms with van der Waals surface area (Å²) in [6.07, 6.45) is 1.82. The van der Waals surface area contributed by atoms with Crippen LogP contribution >= 0.6 is 31.9 Å². The van der Waals surface area contributed by atoms with Crippen molar-refractivity contribution >= 4 is 37.5 Å². The molecular formula is C10H13Br2NO. The zero-order valence-electron chi connectivity index (χ0n) is 7.76. The van der Waals surface area contributed by atoms with Gasteiger partial charge >= 0.3 is 0 Å². The van der Waals surface area contributed by atoms with Crippen molar-refractivity contribution in [2.24, 2.45) is 0 Å². The Labute approximate surface area is 101 Å². The molecule has 4 heteroatoms. The van der Waals surface area contributed by atoms with E-state index >= 15 is 0 Å². The third-order valence-corrected chi connectivity index (χ3v) is 3.17. The van der Waals surface area contributed by atoms with Crippen molar-refractivity contribution < 1.29 is 5.11 Å². The van der Waals surface area contributed by atoms with Crippen molar-refractivity contribution in [3.63, 3.8) is 0 Å². The van der Waals surface area contributed by atoms with Crippen LogP contribution in [0, 0.1) is 0 Å². The van der Waals surface area contributed by atoms with Gasteiger partial charge in [0.1, 0.15) is 0 Å². The third kappa shape index (κ3) is 3.59. The van der Waals surface area contributed by atoms with Crippen LogP contribution < -0.4 is 5.32 Å². The fourth-order valence-corrected chi connectivity index (χ4v) is 2.40. The van der Waals surface area contributed by atoms with Crippen LogP contribution in [0.5, 0.6) is 0 Å². The quantitative estimate of drug-likeness (QED) is 0.814. The van der Waals surface area contributed by atoms with Crippen LogP contribution in [0.2, 0.25) is 0 Å². The lowest BCUT2D eigenvalue weighted by Gasteiger charge is -2.09. The second-order valence-electron chi connectivity index (χ2n) is 2.95. The van der Waals surface area contributed by atoms with Gasteiger partial charge in [-0.25, -0.2) is 0 Å². The highest BCUT2D eigenvalue weighted by Gasteiger charge is 2.02. The average molecular weight is 323 g/mol. The molecule has 0 aliphatic rings. The Kier molecular flexibility index (Phi) is 5.52. The minimum atomic E-state index is 0.263. The fraction of sp³-hybridized carbons (Fsp3) is 0.400. The first-order valence-electron chi connectivity index (χ1n) is 4.54. The number of unbranched alkanes of at least 4 members (excludes halogenated alkanes) is 1. The van der Waals surface area contributed by atoms with Crippen molar-refractivity contribution in [3.8, 4) is 0 Å². The zero-order valence-corrected chi connectivity index (χ0v) is 10.9. The van der Waals surface area contributed by atoms with E-state index in [2.05, 4.69) is 37.2 Å². The number of para-hydroxylation sites is 1. The van der Waals surface area contributed by atoms with Gasteiger partial charge in [0.2, 0.25) is 0 Å². The van der Waals surface area contributed by atoms with Gasteiger partial charge in [-0.3, -0.25) is 0 Å². The van der Waals surface area contributed by atoms with Crippen molar-refractivity contribution in [1.29, 1.82) is 0 Å². The summed E-state index contributed by atoms with van der Waals surface area (Å²) in [5.74, 6) is 0. The highest BCUT2D eigenvalue weighted by Crippen LogP contribution is 2.30. The molecule has 0 radical (unpaired) electrons. The predicted octanol–water partition coefficient (Wildman–Crippen LogP) is 3.40. The Hall–Kier alpha value is -0.0600. The topological polar surface area (TPSA) is 32.3 Å². The molecule has 0 aliphatic carbocycles. The van der Waals surface area contributed by atoms with E-state index in [1.54, 1.807) is 0 Å². The molecule has 0 amide bonds. The van der Waals surface area contributed by atoms with Crippen LogP contribution in [0.3, 0.4) is 0 Å². The molecule has 78 valence electrons. The smallest absolute Gasteiger partial charge is 0.0628 e. The Bertz CT molecular complexity index is 271. The van der Waals surface area contributed by atoms with Crippen LogP contribution in [-0.4, -0.2) is 18.3 Å². The minimum Gasteiger partial charge on any atom is -0.396 e. The van der Waals surface area contributed by atoms with E-state index in [0.29, 0.717) is 0 Å². The molecule has 1 aromatic rings. The molecule has 2 nitrogen and oxygen atoms in total. The first kappa shape index (κ1) is 12.0. The van der Waals surface area contributed by atoms with Crippen molar-refractivity contribution in [1.82, 2.24) is 0 Å². The van der Waals surface area contributed by atoms with Crippen LogP contribution in [0.25, 0.3) is 0 Å². The number of rotatable bonds is 5. The van der Waals surface area contributed by atoms with Gasteiger partial charge in [0.15, 0.2) is 0 Å². The lowest BCUT2D eigenvalue weighted by atomic mass is 10.3. The molecule has 14 heavy (non-hydrogen) atoms. The maximum Gasteiger partial charge on any atom is 0.0628 e. The number of aliphatic hydroxyl groups is 1. The number of benzene rings is 1. The molecule has 1 rings (SSSR count). The van der Waals surface area contributed by atoms with E-state index in [9.17, 15) is 0 Å². The second kappa shape index (κ2) is 6.43. The monoisotopic (exact) mass is 321 g/mol. The van der Waals surface area contributed by atoms with Gasteiger partial charge in [-0.05, 0) is 56.8 Å². The average Bonchev–Trinajstić information content (AvgIpc) is 2.16. The summed E-state index contributed by atoms with van der Waals surface area (Å²) in [5, 5.41) is 11.9. The van der Waals surface area contributed by atoms with E-state index in [1.165, 1.54) is 0 Å². The molecule has 1 aromatic carbocycles.